The van der Waals surface area contributed by atoms with E-state index in [0.29, 0.717) is 19.4 Å². The van der Waals surface area contributed by atoms with Gasteiger partial charge in [0, 0.05) is 19.4 Å². The molecule has 11 heteroatoms. The molecule has 124 valence electrons. The fraction of sp³-hybridized carbons (Fsp3) is 0.900. The quantitative estimate of drug-likeness (QED) is 0.377. The van der Waals surface area contributed by atoms with E-state index in [-0.39, 0.29) is 24.7 Å². The van der Waals surface area contributed by atoms with E-state index in [0.717, 1.165) is 0 Å². The molecular weight excluding hydrogens is 324 g/mol. The molecule has 0 unspecified atom stereocenters. The van der Waals surface area contributed by atoms with E-state index in [9.17, 15) is 38.6 Å². The molecule has 6 N–H and O–H groups in total. The number of amides is 1. The van der Waals surface area contributed by atoms with Crippen LogP contribution in [0.25, 0.3) is 0 Å². The molecule has 9 nitrogen and oxygen atoms in total. The van der Waals surface area contributed by atoms with Crippen LogP contribution in [0.2, 0.25) is 0 Å². The minimum atomic E-state index is -5.41. The third-order valence-electron chi connectivity index (χ3n) is 3.89. The molecule has 0 aromatic heterocycles. The van der Waals surface area contributed by atoms with Crippen LogP contribution in [0.3, 0.4) is 0 Å². The van der Waals surface area contributed by atoms with Gasteiger partial charge in [0.2, 0.25) is 5.91 Å². The van der Waals surface area contributed by atoms with Crippen LogP contribution in [0.4, 0.5) is 0 Å². The first kappa shape index (κ1) is 18.8. The summed E-state index contributed by atoms with van der Waals surface area (Å²) < 4.78 is 22.8. The van der Waals surface area contributed by atoms with E-state index in [1.54, 1.807) is 0 Å². The lowest BCUT2D eigenvalue weighted by Gasteiger charge is -2.40. The van der Waals surface area contributed by atoms with Gasteiger partial charge in [-0.2, -0.15) is 0 Å². The van der Waals surface area contributed by atoms with E-state index in [2.05, 4.69) is 5.32 Å². The van der Waals surface area contributed by atoms with Gasteiger partial charge in [-0.15, -0.1) is 0 Å². The van der Waals surface area contributed by atoms with Crippen molar-refractivity contribution in [2.75, 3.05) is 6.54 Å². The smallest absolute Gasteiger partial charge is 0.367 e. The first-order chi connectivity index (χ1) is 9.39. The molecule has 1 aliphatic rings. The van der Waals surface area contributed by atoms with Crippen molar-refractivity contribution >= 4 is 21.1 Å². The van der Waals surface area contributed by atoms with Crippen molar-refractivity contribution in [3.8, 4) is 0 Å². The number of nitrogens with one attached hydrogen (secondary N) is 1. The van der Waals surface area contributed by atoms with Crippen molar-refractivity contribution in [1.82, 2.24) is 5.32 Å². The Hall–Kier alpha value is -0.270. The van der Waals surface area contributed by atoms with E-state index >= 15 is 0 Å². The molecule has 0 radical (unpaired) electrons. The van der Waals surface area contributed by atoms with Gasteiger partial charge in [0.05, 0.1) is 0 Å². The summed E-state index contributed by atoms with van der Waals surface area (Å²) in [6, 6.07) is 0. The monoisotopic (exact) mass is 345 g/mol. The first-order valence-electron chi connectivity index (χ1n) is 6.47. The highest BCUT2D eigenvalue weighted by molar-refractivity contribution is 7.72. The maximum absolute atomic E-state index is 11.4. The largest absolute Gasteiger partial charge is 0.369 e. The van der Waals surface area contributed by atoms with Gasteiger partial charge in [0.15, 0.2) is 0 Å². The lowest BCUT2D eigenvalue weighted by atomic mass is 9.82. The summed E-state index contributed by atoms with van der Waals surface area (Å²) in [4.78, 5) is 47.5. The number of hydrogen-bond donors (Lipinski definition) is 6. The van der Waals surface area contributed by atoms with Crippen LogP contribution in [-0.2, 0) is 13.9 Å². The molecule has 1 rings (SSSR count). The van der Waals surface area contributed by atoms with Crippen LogP contribution in [0.5, 0.6) is 0 Å². The predicted molar refractivity (Wildman–Crippen MR) is 73.2 cm³/mol. The van der Waals surface area contributed by atoms with Crippen molar-refractivity contribution < 1.29 is 38.6 Å². The Kier molecular flexibility index (Phi) is 5.78. The second-order valence-electron chi connectivity index (χ2n) is 5.43. The highest BCUT2D eigenvalue weighted by atomic mass is 31.2. The fourth-order valence-corrected chi connectivity index (χ4v) is 5.51. The Balaban J connectivity index is 2.81. The third-order valence-corrected chi connectivity index (χ3v) is 7.90. The van der Waals surface area contributed by atoms with Gasteiger partial charge in [-0.1, -0.05) is 0 Å². The lowest BCUT2D eigenvalue weighted by molar-refractivity contribution is -0.119. The zero-order valence-corrected chi connectivity index (χ0v) is 13.3. The van der Waals surface area contributed by atoms with E-state index in [1.165, 1.54) is 6.92 Å². The summed E-state index contributed by atoms with van der Waals surface area (Å²) in [7, 11) is -10.8. The Bertz CT molecular complexity index is 453. The van der Waals surface area contributed by atoms with Crippen LogP contribution in [0.1, 0.15) is 32.6 Å². The van der Waals surface area contributed by atoms with Crippen LogP contribution in [0, 0.1) is 11.8 Å². The molecule has 21 heavy (non-hydrogen) atoms. The van der Waals surface area contributed by atoms with Gasteiger partial charge in [-0.05, 0) is 31.6 Å². The summed E-state index contributed by atoms with van der Waals surface area (Å²) >= 11 is 0. The van der Waals surface area contributed by atoms with Gasteiger partial charge in [-0.3, -0.25) is 13.9 Å². The molecule has 1 aliphatic carbocycles. The average molecular weight is 345 g/mol. The van der Waals surface area contributed by atoms with Gasteiger partial charge < -0.3 is 30.0 Å². The van der Waals surface area contributed by atoms with Gasteiger partial charge in [0.1, 0.15) is 0 Å². The molecular formula is C10H21NO8P2. The second-order valence-corrected chi connectivity index (χ2v) is 9.32. The molecule has 0 aliphatic heterocycles. The Morgan fingerprint density at radius 1 is 1.10 bits per heavy atom. The van der Waals surface area contributed by atoms with Crippen LogP contribution >= 0.6 is 15.2 Å². The summed E-state index contributed by atoms with van der Waals surface area (Å²) in [6.07, 6.45) is 0.953. The Labute approximate surface area is 122 Å². The van der Waals surface area contributed by atoms with E-state index < -0.39 is 26.2 Å². The minimum absolute atomic E-state index is 0.0583. The maximum Gasteiger partial charge on any atom is 0.369 e. The zero-order valence-electron chi connectivity index (χ0n) is 11.5. The van der Waals surface area contributed by atoms with E-state index in [1.807, 2.05) is 0 Å². The molecule has 0 heterocycles. The van der Waals surface area contributed by atoms with Crippen LogP contribution in [0.15, 0.2) is 0 Å². The SMILES string of the molecule is CC(=O)NCC1CCC(C(O)(P(=O)(O)O)P(=O)(O)O)CC1. The molecule has 0 atom stereocenters. The zero-order chi connectivity index (χ0) is 16.5. The molecule has 0 bridgehead atoms. The van der Waals surface area contributed by atoms with Crippen molar-refractivity contribution in [3.63, 3.8) is 0 Å². The van der Waals surface area contributed by atoms with Crippen molar-refractivity contribution in [1.29, 1.82) is 0 Å². The van der Waals surface area contributed by atoms with E-state index in [4.69, 9.17) is 0 Å². The summed E-state index contributed by atoms with van der Waals surface area (Å²) in [6.45, 7) is 1.76. The average Bonchev–Trinajstić information content (AvgIpc) is 2.33. The summed E-state index contributed by atoms with van der Waals surface area (Å²) in [5, 5.41) is 9.30. The predicted octanol–water partition coefficient (Wildman–Crippen LogP) is -0.0696. The molecule has 1 fully saturated rings. The number of carbonyl (C=O) groups is 1. The minimum Gasteiger partial charge on any atom is -0.367 e. The van der Waals surface area contributed by atoms with Crippen LogP contribution in [-0.4, -0.2) is 42.2 Å². The third kappa shape index (κ3) is 4.13. The fourth-order valence-electron chi connectivity index (χ4n) is 2.69. The number of carbonyl (C=O) groups excluding carboxylic acids is 1. The van der Waals surface area contributed by atoms with Gasteiger partial charge in [-0.25, -0.2) is 0 Å². The normalized spacial score (nSPS) is 24.7. The second kappa shape index (κ2) is 6.46. The molecule has 1 saturated carbocycles. The standard InChI is InChI=1S/C10H21NO8P2/c1-7(12)11-6-8-2-4-9(5-3-8)10(13,20(14,15)16)21(17,18)19/h8-9,13H,2-6H2,1H3,(H,11,12)(H2,14,15,16)(H2,17,18,19). The van der Waals surface area contributed by atoms with Crippen molar-refractivity contribution in [2.24, 2.45) is 11.8 Å². The molecule has 0 aromatic carbocycles. The van der Waals surface area contributed by atoms with Gasteiger partial charge in [0.25, 0.3) is 5.08 Å². The number of hydrogen-bond acceptors (Lipinski definition) is 4. The Morgan fingerprint density at radius 3 is 1.86 bits per heavy atom. The first-order valence-corrected chi connectivity index (χ1v) is 9.70. The maximum atomic E-state index is 11.4. The summed E-state index contributed by atoms with van der Waals surface area (Å²) in [5.41, 5.74) is 0. The molecule has 0 saturated heterocycles. The Morgan fingerprint density at radius 2 is 1.52 bits per heavy atom. The van der Waals surface area contributed by atoms with Crippen LogP contribution < -0.4 is 5.32 Å². The highest BCUT2D eigenvalue weighted by Crippen LogP contribution is 2.72. The van der Waals surface area contributed by atoms with Crippen molar-refractivity contribution in [3.05, 3.63) is 0 Å². The molecule has 0 aromatic rings. The number of rotatable bonds is 5. The van der Waals surface area contributed by atoms with Gasteiger partial charge >= 0.3 is 15.2 Å². The summed E-state index contributed by atoms with van der Waals surface area (Å²) in [5.74, 6) is -1.32. The topological polar surface area (TPSA) is 164 Å². The highest BCUT2D eigenvalue weighted by Gasteiger charge is 2.63. The molecule has 0 spiro atoms. The number of aliphatic hydroxyl groups is 1. The lowest BCUT2D eigenvalue weighted by Crippen LogP contribution is -2.41. The van der Waals surface area contributed by atoms with Crippen molar-refractivity contribution in [2.45, 2.75) is 37.7 Å². The molecule has 1 amide bonds.